The van der Waals surface area contributed by atoms with E-state index in [1.807, 2.05) is 48.5 Å². The topological polar surface area (TPSA) is 0 Å². The average molecular weight is 787 g/mol. The number of hydrogen-bond donors (Lipinski definition) is 0. The van der Waals surface area contributed by atoms with Crippen LogP contribution in [0.15, 0.2) is 194 Å². The van der Waals surface area contributed by atoms with Gasteiger partial charge in [0.25, 0.3) is 0 Å². The molecule has 60 heavy (non-hydrogen) atoms. The average Bonchev–Trinajstić information content (AvgIpc) is 3.28. The Balaban J connectivity index is 0.990. The van der Waals surface area contributed by atoms with Crippen LogP contribution in [0, 0.1) is 23.3 Å². The van der Waals surface area contributed by atoms with Gasteiger partial charge < -0.3 is 0 Å². The summed E-state index contributed by atoms with van der Waals surface area (Å²) in [4.78, 5) is 0. The minimum atomic E-state index is -0.316. The lowest BCUT2D eigenvalue weighted by molar-refractivity contribution is 0.627. The largest absolute Gasteiger partial charge is 0.207 e. The van der Waals surface area contributed by atoms with Gasteiger partial charge in [0.15, 0.2) is 0 Å². The maximum Gasteiger partial charge on any atom is 0.123 e. The molecule has 0 N–H and O–H groups in total. The maximum atomic E-state index is 13.8. The van der Waals surface area contributed by atoms with Crippen LogP contribution in [-0.2, 0) is 0 Å². The minimum absolute atomic E-state index is 0.316. The fraction of sp³-hybridized carbons (Fsp3) is 0. The molecule has 0 saturated heterocycles. The number of hydrogen-bond acceptors (Lipinski definition) is 0. The second-order valence-electron chi connectivity index (χ2n) is 14.3. The van der Waals surface area contributed by atoms with Crippen LogP contribution in [0.3, 0.4) is 0 Å². The van der Waals surface area contributed by atoms with E-state index in [4.69, 9.17) is 0 Å². The van der Waals surface area contributed by atoms with Crippen LogP contribution in [0.25, 0.3) is 58.7 Å². The Morgan fingerprint density at radius 1 is 0.267 bits per heavy atom. The van der Waals surface area contributed by atoms with Crippen molar-refractivity contribution in [2.75, 3.05) is 0 Å². The third-order valence-electron chi connectivity index (χ3n) is 10.3. The smallest absolute Gasteiger partial charge is 0.123 e. The van der Waals surface area contributed by atoms with Crippen molar-refractivity contribution in [3.8, 4) is 11.1 Å². The zero-order valence-corrected chi connectivity index (χ0v) is 32.5. The molecule has 0 radical (unpaired) electrons. The van der Waals surface area contributed by atoms with Crippen LogP contribution in [0.1, 0.15) is 55.6 Å². The molecule has 4 heteroatoms. The van der Waals surface area contributed by atoms with Gasteiger partial charge >= 0.3 is 0 Å². The molecule has 0 bridgehead atoms. The Morgan fingerprint density at radius 2 is 0.533 bits per heavy atom. The number of benzene rings is 8. The van der Waals surface area contributed by atoms with Crippen LogP contribution in [-0.4, -0.2) is 0 Å². The Bertz CT molecular complexity index is 2530. The first-order chi connectivity index (χ1) is 29.3. The van der Waals surface area contributed by atoms with E-state index >= 15 is 0 Å². The normalized spacial score (nSPS) is 11.2. The molecule has 0 fully saturated rings. The zero-order valence-electron chi connectivity index (χ0n) is 32.5. The van der Waals surface area contributed by atoms with Crippen LogP contribution >= 0.6 is 0 Å². The Hall–Kier alpha value is -7.56. The van der Waals surface area contributed by atoms with E-state index in [-0.39, 0.29) is 23.3 Å². The molecule has 0 nitrogen and oxygen atoms in total. The molecule has 0 spiro atoms. The van der Waals surface area contributed by atoms with Crippen molar-refractivity contribution in [1.29, 1.82) is 0 Å². The van der Waals surface area contributed by atoms with E-state index in [0.717, 1.165) is 77.9 Å². The van der Waals surface area contributed by atoms with Gasteiger partial charge in [0, 0.05) is 0 Å². The van der Waals surface area contributed by atoms with Crippen molar-refractivity contribution < 1.29 is 17.6 Å². The van der Waals surface area contributed by atoms with Crippen molar-refractivity contribution in [1.82, 2.24) is 0 Å². The lowest BCUT2D eigenvalue weighted by Crippen LogP contribution is -1.91. The molecule has 290 valence electrons. The highest BCUT2D eigenvalue weighted by atomic mass is 19.1. The van der Waals surface area contributed by atoms with Crippen molar-refractivity contribution in [2.24, 2.45) is 0 Å². The molecule has 0 heterocycles. The molecule has 0 saturated carbocycles. The Morgan fingerprint density at radius 3 is 0.817 bits per heavy atom. The van der Waals surface area contributed by atoms with Gasteiger partial charge in [-0.05, 0) is 139 Å². The van der Waals surface area contributed by atoms with Crippen molar-refractivity contribution in [3.05, 3.63) is 273 Å². The zero-order chi connectivity index (χ0) is 41.3. The molecule has 0 amide bonds. The molecule has 8 aromatic carbocycles. The molecule has 0 atom stereocenters. The molecular formula is C56H38F4. The highest BCUT2D eigenvalue weighted by Crippen LogP contribution is 2.31. The van der Waals surface area contributed by atoms with Gasteiger partial charge in [0.2, 0.25) is 0 Å². The summed E-state index contributed by atoms with van der Waals surface area (Å²) in [6.07, 6.45) is 12.4. The third kappa shape index (κ3) is 9.75. The predicted molar refractivity (Wildman–Crippen MR) is 242 cm³/mol. The van der Waals surface area contributed by atoms with E-state index < -0.39 is 0 Å². The first-order valence-electron chi connectivity index (χ1n) is 19.6. The number of rotatable bonds is 11. The van der Waals surface area contributed by atoms with E-state index in [1.165, 1.54) is 48.5 Å². The summed E-state index contributed by atoms with van der Waals surface area (Å²) >= 11 is 0. The van der Waals surface area contributed by atoms with Crippen LogP contribution < -0.4 is 0 Å². The molecular weight excluding hydrogens is 749 g/mol. The Labute approximate surface area is 348 Å². The second kappa shape index (κ2) is 18.4. The third-order valence-corrected chi connectivity index (χ3v) is 10.3. The van der Waals surface area contributed by atoms with E-state index in [1.54, 1.807) is 48.5 Å². The quantitative estimate of drug-likeness (QED) is 0.0905. The first-order valence-corrected chi connectivity index (χ1v) is 19.6. The SMILES string of the molecule is Fc1ccc(C(=Cc2ccccc2/C=C\c2ccc(-c3ccc(/C=C\c4ccccc4C=C(c4ccc(F)cc4)c4ccc(F)cc4)cc3)cc2)c2ccc(F)cc2)cc1. The second-order valence-corrected chi connectivity index (χ2v) is 14.3. The standard InChI is InChI=1S/C56H38F4/c57-51-29-21-45(22-30-51)55(46-23-31-52(58)32-24-46)37-49-7-3-1-5-41(49)15-9-39-11-17-43(18-12-39)44-19-13-40(14-20-44)10-16-42-6-2-4-8-50(42)38-56(47-25-33-53(59)34-26-47)48-27-35-54(60)36-28-48/h1-38H/b15-9-,16-10-. The summed E-state index contributed by atoms with van der Waals surface area (Å²) in [6.45, 7) is 0. The number of halogens is 4. The molecule has 0 aromatic heterocycles. The summed E-state index contributed by atoms with van der Waals surface area (Å²) in [5.41, 5.74) is 13.3. The van der Waals surface area contributed by atoms with Crippen molar-refractivity contribution >= 4 is 47.6 Å². The van der Waals surface area contributed by atoms with Crippen LogP contribution in [0.5, 0.6) is 0 Å². The minimum Gasteiger partial charge on any atom is -0.207 e. The fourth-order valence-electron chi connectivity index (χ4n) is 7.03. The fourth-order valence-corrected chi connectivity index (χ4v) is 7.03. The highest BCUT2D eigenvalue weighted by Gasteiger charge is 2.10. The first kappa shape index (κ1) is 39.3. The van der Waals surface area contributed by atoms with Gasteiger partial charge in [0.1, 0.15) is 23.3 Å². The monoisotopic (exact) mass is 786 g/mol. The lowest BCUT2D eigenvalue weighted by atomic mass is 9.94. The van der Waals surface area contributed by atoms with Gasteiger partial charge in [-0.15, -0.1) is 0 Å². The van der Waals surface area contributed by atoms with Crippen molar-refractivity contribution in [2.45, 2.75) is 0 Å². The van der Waals surface area contributed by atoms with Gasteiger partial charge in [0.05, 0.1) is 0 Å². The molecule has 8 aromatic rings. The van der Waals surface area contributed by atoms with Gasteiger partial charge in [-0.3, -0.25) is 0 Å². The molecule has 0 unspecified atom stereocenters. The molecule has 0 aliphatic carbocycles. The van der Waals surface area contributed by atoms with Gasteiger partial charge in [-0.25, -0.2) is 17.6 Å². The van der Waals surface area contributed by atoms with Gasteiger partial charge in [-0.2, -0.15) is 0 Å². The van der Waals surface area contributed by atoms with E-state index in [9.17, 15) is 17.6 Å². The summed E-state index contributed by atoms with van der Waals surface area (Å²) in [5.74, 6) is -1.26. The van der Waals surface area contributed by atoms with Crippen LogP contribution in [0.2, 0.25) is 0 Å². The molecule has 0 aliphatic heterocycles. The van der Waals surface area contributed by atoms with Crippen molar-refractivity contribution in [3.63, 3.8) is 0 Å². The highest BCUT2D eigenvalue weighted by molar-refractivity contribution is 5.94. The predicted octanol–water partition coefficient (Wildman–Crippen LogP) is 15.4. The van der Waals surface area contributed by atoms with E-state index in [2.05, 4.69) is 85.0 Å². The maximum absolute atomic E-state index is 13.8. The van der Waals surface area contributed by atoms with E-state index in [0.29, 0.717) is 0 Å². The molecule has 0 aliphatic rings. The molecule has 8 rings (SSSR count). The summed E-state index contributed by atoms with van der Waals surface area (Å²) in [7, 11) is 0. The summed E-state index contributed by atoms with van der Waals surface area (Å²) < 4.78 is 55.3. The lowest BCUT2D eigenvalue weighted by Gasteiger charge is -2.11. The summed E-state index contributed by atoms with van der Waals surface area (Å²) in [6, 6.07) is 58.3. The van der Waals surface area contributed by atoms with Crippen LogP contribution in [0.4, 0.5) is 17.6 Å². The Kier molecular flexibility index (Phi) is 12.0. The summed E-state index contributed by atoms with van der Waals surface area (Å²) in [5, 5.41) is 0. The van der Waals surface area contributed by atoms with Gasteiger partial charge in [-0.1, -0.05) is 170 Å².